The topological polar surface area (TPSA) is 55.6 Å². The average molecular weight is 366 g/mol. The molecule has 1 heterocycles. The zero-order valence-electron chi connectivity index (χ0n) is 15.3. The Balaban J connectivity index is 1.87. The molecule has 0 bridgehead atoms. The van der Waals surface area contributed by atoms with Crippen LogP contribution >= 0.6 is 11.8 Å². The van der Waals surface area contributed by atoms with Crippen LogP contribution in [0.1, 0.15) is 26.3 Å². The highest BCUT2D eigenvalue weighted by atomic mass is 32.2. The Morgan fingerprint density at radius 1 is 1.04 bits per heavy atom. The molecule has 3 rings (SSSR count). The van der Waals surface area contributed by atoms with Gasteiger partial charge in [-0.05, 0) is 60.7 Å². The van der Waals surface area contributed by atoms with Crippen LogP contribution in [-0.4, -0.2) is 32.3 Å². The monoisotopic (exact) mass is 365 g/mol. The Morgan fingerprint density at radius 2 is 1.69 bits per heavy atom. The third-order valence-corrected chi connectivity index (χ3v) is 4.68. The minimum atomic E-state index is 0.0641. The number of hydrogen-bond acceptors (Lipinski definition) is 5. The Hall–Kier alpha value is -2.44. The summed E-state index contributed by atoms with van der Waals surface area (Å²) in [5, 5.41) is 16.5. The molecule has 0 aliphatic carbocycles. The molecule has 0 spiro atoms. The molecule has 0 amide bonds. The minimum absolute atomic E-state index is 0.0641. The van der Waals surface area contributed by atoms with Crippen LogP contribution in [-0.2, 0) is 0 Å². The summed E-state index contributed by atoms with van der Waals surface area (Å²) in [5.41, 5.74) is 2.16. The van der Waals surface area contributed by atoms with Crippen molar-refractivity contribution < 1.29 is 0 Å². The van der Waals surface area contributed by atoms with E-state index in [1.165, 1.54) is 0 Å². The highest BCUT2D eigenvalue weighted by Gasteiger charge is 2.13. The molecular formula is C20H23N5S. The summed E-state index contributed by atoms with van der Waals surface area (Å²) in [6.45, 7) is 7.25. The molecule has 6 heteroatoms. The van der Waals surface area contributed by atoms with Crippen molar-refractivity contribution in [2.45, 2.75) is 31.5 Å². The number of nitrogens with one attached hydrogen (secondary N) is 1. The molecule has 0 fully saturated rings. The molecule has 1 N–H and O–H groups in total. The van der Waals surface area contributed by atoms with E-state index >= 15 is 0 Å². The van der Waals surface area contributed by atoms with Crippen molar-refractivity contribution in [3.8, 4) is 5.69 Å². The Bertz CT molecular complexity index is 851. The zero-order valence-corrected chi connectivity index (χ0v) is 16.1. The van der Waals surface area contributed by atoms with Crippen LogP contribution in [0, 0.1) is 0 Å². The summed E-state index contributed by atoms with van der Waals surface area (Å²) in [5.74, 6) is 0. The number of hydrogen-bond donors (Lipinski definition) is 1. The van der Waals surface area contributed by atoms with E-state index in [4.69, 9.17) is 0 Å². The second-order valence-electron chi connectivity index (χ2n) is 6.88. The van der Waals surface area contributed by atoms with Crippen molar-refractivity contribution in [1.82, 2.24) is 25.5 Å². The van der Waals surface area contributed by atoms with E-state index in [0.29, 0.717) is 0 Å². The predicted octanol–water partition coefficient (Wildman–Crippen LogP) is 4.18. The first kappa shape index (κ1) is 18.4. The van der Waals surface area contributed by atoms with Crippen LogP contribution in [0.25, 0.3) is 10.6 Å². The third kappa shape index (κ3) is 5.03. The van der Waals surface area contributed by atoms with E-state index in [2.05, 4.69) is 59.8 Å². The summed E-state index contributed by atoms with van der Waals surface area (Å²) in [4.78, 5) is 1.12. The summed E-state index contributed by atoms with van der Waals surface area (Å²) < 4.78 is 1.76. The molecule has 26 heavy (non-hydrogen) atoms. The zero-order chi connectivity index (χ0) is 18.4. The number of thioether (sulfide) groups is 1. The molecule has 134 valence electrons. The van der Waals surface area contributed by atoms with Crippen molar-refractivity contribution in [1.29, 1.82) is 0 Å². The maximum absolute atomic E-state index is 4.22. The summed E-state index contributed by atoms with van der Waals surface area (Å²) in [6, 6.07) is 20.2. The number of aromatic nitrogens is 4. The first-order valence-corrected chi connectivity index (χ1v) is 9.37. The third-order valence-electron chi connectivity index (χ3n) is 3.62. The van der Waals surface area contributed by atoms with Gasteiger partial charge in [-0.2, -0.15) is 4.68 Å². The largest absolute Gasteiger partial charge is 0.309 e. The normalized spacial score (nSPS) is 12.3. The van der Waals surface area contributed by atoms with E-state index < -0.39 is 0 Å². The number of tetrazole rings is 1. The lowest BCUT2D eigenvalue weighted by Gasteiger charge is -2.19. The molecule has 1 aromatic heterocycles. The van der Waals surface area contributed by atoms with E-state index in [1.807, 2.05) is 48.5 Å². The SMILES string of the molecule is CC(C)(C)NC/C=C(\Sc1nnnn1-c1ccccc1)c1ccccc1. The molecule has 0 unspecified atom stereocenters. The average Bonchev–Trinajstić information content (AvgIpc) is 3.09. The van der Waals surface area contributed by atoms with Crippen molar-refractivity contribution >= 4 is 16.7 Å². The first-order valence-electron chi connectivity index (χ1n) is 8.55. The molecule has 0 saturated carbocycles. The van der Waals surface area contributed by atoms with Crippen molar-refractivity contribution in [3.63, 3.8) is 0 Å². The van der Waals surface area contributed by atoms with Crippen molar-refractivity contribution in [3.05, 3.63) is 72.3 Å². The number of nitrogens with zero attached hydrogens (tertiary/aromatic N) is 4. The highest BCUT2D eigenvalue weighted by molar-refractivity contribution is 8.08. The lowest BCUT2D eigenvalue weighted by molar-refractivity contribution is 0.450. The number of rotatable bonds is 6. The molecule has 0 saturated heterocycles. The summed E-state index contributed by atoms with van der Waals surface area (Å²) in [7, 11) is 0. The Kier molecular flexibility index (Phi) is 5.85. The summed E-state index contributed by atoms with van der Waals surface area (Å²) >= 11 is 1.57. The fourth-order valence-corrected chi connectivity index (χ4v) is 3.27. The van der Waals surface area contributed by atoms with Crippen LogP contribution in [0.15, 0.2) is 71.9 Å². The standard InChI is InChI=1S/C20H23N5S/c1-20(2,3)21-15-14-18(16-10-6-4-7-11-16)26-19-22-23-24-25(19)17-12-8-5-9-13-17/h4-14,21H,15H2,1-3H3/b18-14-. The van der Waals surface area contributed by atoms with E-state index in [9.17, 15) is 0 Å². The van der Waals surface area contributed by atoms with Crippen LogP contribution in [0.3, 0.4) is 0 Å². The number of para-hydroxylation sites is 1. The van der Waals surface area contributed by atoms with Crippen molar-refractivity contribution in [2.24, 2.45) is 0 Å². The number of benzene rings is 2. The van der Waals surface area contributed by atoms with Gasteiger partial charge in [0.15, 0.2) is 0 Å². The molecule has 2 aromatic carbocycles. The molecular weight excluding hydrogens is 342 g/mol. The minimum Gasteiger partial charge on any atom is -0.309 e. The molecule has 0 aliphatic rings. The lowest BCUT2D eigenvalue weighted by Crippen LogP contribution is -2.35. The van der Waals surface area contributed by atoms with E-state index in [0.717, 1.165) is 27.9 Å². The molecule has 5 nitrogen and oxygen atoms in total. The first-order chi connectivity index (χ1) is 12.5. The van der Waals surface area contributed by atoms with Crippen LogP contribution in [0.5, 0.6) is 0 Å². The van der Waals surface area contributed by atoms with Gasteiger partial charge in [0.1, 0.15) is 0 Å². The van der Waals surface area contributed by atoms with Crippen LogP contribution < -0.4 is 5.32 Å². The van der Waals surface area contributed by atoms with Gasteiger partial charge in [0.25, 0.3) is 0 Å². The summed E-state index contributed by atoms with van der Waals surface area (Å²) in [6.07, 6.45) is 2.19. The van der Waals surface area contributed by atoms with E-state index in [1.54, 1.807) is 16.4 Å². The van der Waals surface area contributed by atoms with Gasteiger partial charge < -0.3 is 5.32 Å². The van der Waals surface area contributed by atoms with Gasteiger partial charge >= 0.3 is 0 Å². The van der Waals surface area contributed by atoms with Gasteiger partial charge in [0, 0.05) is 17.0 Å². The Labute approximate surface area is 158 Å². The van der Waals surface area contributed by atoms with Crippen molar-refractivity contribution in [2.75, 3.05) is 6.54 Å². The smallest absolute Gasteiger partial charge is 0.218 e. The maximum atomic E-state index is 4.22. The van der Waals surface area contributed by atoms with Gasteiger partial charge in [0.2, 0.25) is 5.16 Å². The predicted molar refractivity (Wildman–Crippen MR) is 107 cm³/mol. The van der Waals surface area contributed by atoms with Gasteiger partial charge in [0.05, 0.1) is 5.69 Å². The van der Waals surface area contributed by atoms with Crippen LogP contribution in [0.2, 0.25) is 0 Å². The second-order valence-corrected chi connectivity index (χ2v) is 7.89. The quantitative estimate of drug-likeness (QED) is 0.664. The van der Waals surface area contributed by atoms with Gasteiger partial charge in [-0.25, -0.2) is 0 Å². The Morgan fingerprint density at radius 3 is 2.35 bits per heavy atom. The molecule has 3 aromatic rings. The van der Waals surface area contributed by atoms with E-state index in [-0.39, 0.29) is 5.54 Å². The lowest BCUT2D eigenvalue weighted by atomic mass is 10.1. The highest BCUT2D eigenvalue weighted by Crippen LogP contribution is 2.33. The second kappa shape index (κ2) is 8.29. The molecule has 0 radical (unpaired) electrons. The molecule has 0 aliphatic heterocycles. The maximum Gasteiger partial charge on any atom is 0.218 e. The fraction of sp³-hybridized carbons (Fsp3) is 0.250. The van der Waals surface area contributed by atoms with Gasteiger partial charge in [-0.1, -0.05) is 54.6 Å². The van der Waals surface area contributed by atoms with Gasteiger partial charge in [-0.3, -0.25) is 0 Å². The molecule has 0 atom stereocenters. The van der Waals surface area contributed by atoms with Crippen LogP contribution in [0.4, 0.5) is 0 Å². The van der Waals surface area contributed by atoms with Gasteiger partial charge in [-0.15, -0.1) is 5.10 Å². The fourth-order valence-electron chi connectivity index (χ4n) is 2.34.